The molecule has 0 aliphatic rings. The SMILES string of the molecule is [CH]=Cc1cccc(Br)c1C. The van der Waals surface area contributed by atoms with Crippen molar-refractivity contribution in [3.8, 4) is 0 Å². The van der Waals surface area contributed by atoms with Crippen molar-refractivity contribution in [1.29, 1.82) is 0 Å². The van der Waals surface area contributed by atoms with Gasteiger partial charge < -0.3 is 0 Å². The second kappa shape index (κ2) is 3.02. The van der Waals surface area contributed by atoms with Gasteiger partial charge in [-0.3, -0.25) is 0 Å². The predicted octanol–water partition coefficient (Wildman–Crippen LogP) is 3.20. The predicted molar refractivity (Wildman–Crippen MR) is 47.6 cm³/mol. The number of hydrogen-bond acceptors (Lipinski definition) is 0. The average Bonchev–Trinajstić information content (AvgIpc) is 1.95. The number of halogens is 1. The summed E-state index contributed by atoms with van der Waals surface area (Å²) in [5, 5.41) is 0. The molecule has 0 bridgehead atoms. The molecule has 0 nitrogen and oxygen atoms in total. The van der Waals surface area contributed by atoms with Crippen LogP contribution in [-0.4, -0.2) is 0 Å². The molecule has 0 fully saturated rings. The highest BCUT2D eigenvalue weighted by Gasteiger charge is 1.95. The first-order valence-corrected chi connectivity index (χ1v) is 3.85. The molecule has 0 aliphatic heterocycles. The van der Waals surface area contributed by atoms with E-state index in [2.05, 4.69) is 15.9 Å². The molecule has 0 saturated heterocycles. The van der Waals surface area contributed by atoms with E-state index in [0.29, 0.717) is 0 Å². The Hall–Kier alpha value is -0.560. The first-order valence-electron chi connectivity index (χ1n) is 3.06. The zero-order valence-electron chi connectivity index (χ0n) is 5.76. The van der Waals surface area contributed by atoms with Crippen LogP contribution in [0.25, 0.3) is 6.08 Å². The lowest BCUT2D eigenvalue weighted by Gasteiger charge is -2.00. The minimum absolute atomic E-state index is 1.08. The summed E-state index contributed by atoms with van der Waals surface area (Å²) in [4.78, 5) is 0. The van der Waals surface area contributed by atoms with Crippen LogP contribution < -0.4 is 0 Å². The molecule has 0 heterocycles. The van der Waals surface area contributed by atoms with E-state index in [1.807, 2.05) is 25.1 Å². The van der Waals surface area contributed by atoms with Crippen LogP contribution in [0.1, 0.15) is 11.1 Å². The maximum Gasteiger partial charge on any atom is 0.0210 e. The van der Waals surface area contributed by atoms with Crippen molar-refractivity contribution in [3.63, 3.8) is 0 Å². The summed E-state index contributed by atoms with van der Waals surface area (Å²) in [6.07, 6.45) is 1.61. The standard InChI is InChI=1S/C9H8Br/c1-3-8-5-4-6-9(10)7(8)2/h1,3-6H,2H3. The van der Waals surface area contributed by atoms with Gasteiger partial charge >= 0.3 is 0 Å². The Labute approximate surface area is 69.7 Å². The average molecular weight is 196 g/mol. The van der Waals surface area contributed by atoms with E-state index in [-0.39, 0.29) is 0 Å². The van der Waals surface area contributed by atoms with E-state index in [4.69, 9.17) is 6.58 Å². The number of benzene rings is 1. The lowest BCUT2D eigenvalue weighted by molar-refractivity contribution is 1.41. The second-order valence-electron chi connectivity index (χ2n) is 2.12. The van der Waals surface area contributed by atoms with E-state index in [0.717, 1.165) is 10.0 Å². The third-order valence-corrected chi connectivity index (χ3v) is 2.35. The first-order chi connectivity index (χ1) is 4.75. The Balaban J connectivity index is 3.27. The molecular formula is C9H8Br. The van der Waals surface area contributed by atoms with Gasteiger partial charge in [0.2, 0.25) is 0 Å². The zero-order chi connectivity index (χ0) is 7.56. The fourth-order valence-corrected chi connectivity index (χ4v) is 1.19. The number of rotatable bonds is 1. The molecule has 0 saturated carbocycles. The minimum Gasteiger partial charge on any atom is -0.0616 e. The summed E-state index contributed by atoms with van der Waals surface area (Å²) in [7, 11) is 0. The van der Waals surface area contributed by atoms with Gasteiger partial charge in [-0.2, -0.15) is 0 Å². The van der Waals surface area contributed by atoms with Gasteiger partial charge in [0.25, 0.3) is 0 Å². The lowest BCUT2D eigenvalue weighted by Crippen LogP contribution is -1.79. The van der Waals surface area contributed by atoms with Crippen molar-refractivity contribution >= 4 is 22.0 Å². The van der Waals surface area contributed by atoms with Crippen molar-refractivity contribution < 1.29 is 0 Å². The van der Waals surface area contributed by atoms with E-state index in [1.165, 1.54) is 5.56 Å². The Bertz CT molecular complexity index is 251. The highest BCUT2D eigenvalue weighted by Crippen LogP contribution is 2.19. The molecule has 0 amide bonds. The summed E-state index contributed by atoms with van der Waals surface area (Å²) >= 11 is 3.41. The fraction of sp³-hybridized carbons (Fsp3) is 0.111. The summed E-state index contributed by atoms with van der Waals surface area (Å²) in [5.41, 5.74) is 2.26. The van der Waals surface area contributed by atoms with Crippen LogP contribution in [0.2, 0.25) is 0 Å². The van der Waals surface area contributed by atoms with Gasteiger partial charge in [-0.25, -0.2) is 0 Å². The van der Waals surface area contributed by atoms with Crippen LogP contribution in [0.3, 0.4) is 0 Å². The van der Waals surface area contributed by atoms with Crippen LogP contribution >= 0.6 is 15.9 Å². The van der Waals surface area contributed by atoms with Crippen molar-refractivity contribution in [2.24, 2.45) is 0 Å². The minimum atomic E-state index is 1.08. The fourth-order valence-electron chi connectivity index (χ4n) is 0.805. The third kappa shape index (κ3) is 1.29. The summed E-state index contributed by atoms with van der Waals surface area (Å²) in [6.45, 7) is 7.40. The molecule has 1 aromatic carbocycles. The highest BCUT2D eigenvalue weighted by atomic mass is 79.9. The largest absolute Gasteiger partial charge is 0.0616 e. The summed E-state index contributed by atoms with van der Waals surface area (Å²) in [6, 6.07) is 5.96. The van der Waals surface area contributed by atoms with Gasteiger partial charge in [0.15, 0.2) is 0 Å². The van der Waals surface area contributed by atoms with Gasteiger partial charge in [-0.15, -0.1) is 0 Å². The molecule has 1 aromatic rings. The highest BCUT2D eigenvalue weighted by molar-refractivity contribution is 9.10. The molecule has 1 radical (unpaired) electrons. The normalized spacial score (nSPS) is 9.40. The third-order valence-electron chi connectivity index (χ3n) is 1.49. The van der Waals surface area contributed by atoms with E-state index < -0.39 is 0 Å². The maximum absolute atomic E-state index is 5.37. The molecule has 0 aromatic heterocycles. The topological polar surface area (TPSA) is 0 Å². The number of hydrogen-bond donors (Lipinski definition) is 0. The molecule has 0 N–H and O–H groups in total. The van der Waals surface area contributed by atoms with Gasteiger partial charge in [-0.1, -0.05) is 40.7 Å². The Morgan fingerprint density at radius 2 is 2.20 bits per heavy atom. The molecule has 10 heavy (non-hydrogen) atoms. The van der Waals surface area contributed by atoms with Crippen LogP contribution in [0.15, 0.2) is 22.7 Å². The van der Waals surface area contributed by atoms with E-state index in [9.17, 15) is 0 Å². The molecule has 1 rings (SSSR count). The molecular weight excluding hydrogens is 188 g/mol. The van der Waals surface area contributed by atoms with Gasteiger partial charge in [0, 0.05) is 4.47 Å². The van der Waals surface area contributed by atoms with Crippen LogP contribution in [-0.2, 0) is 0 Å². The van der Waals surface area contributed by atoms with Crippen LogP contribution in [0.4, 0.5) is 0 Å². The van der Waals surface area contributed by atoms with Gasteiger partial charge in [0.1, 0.15) is 0 Å². The molecule has 0 atom stereocenters. The monoisotopic (exact) mass is 195 g/mol. The lowest BCUT2D eigenvalue weighted by atomic mass is 10.1. The molecule has 0 unspecified atom stereocenters. The maximum atomic E-state index is 5.37. The van der Waals surface area contributed by atoms with Crippen molar-refractivity contribution in [2.75, 3.05) is 0 Å². The van der Waals surface area contributed by atoms with Crippen LogP contribution in [0.5, 0.6) is 0 Å². The first kappa shape index (κ1) is 7.55. The molecule has 1 heteroatoms. The van der Waals surface area contributed by atoms with E-state index >= 15 is 0 Å². The van der Waals surface area contributed by atoms with Crippen LogP contribution in [0, 0.1) is 13.5 Å². The zero-order valence-corrected chi connectivity index (χ0v) is 7.35. The summed E-state index contributed by atoms with van der Waals surface area (Å²) < 4.78 is 1.10. The van der Waals surface area contributed by atoms with Gasteiger partial charge in [0.05, 0.1) is 0 Å². The Morgan fingerprint density at radius 1 is 1.50 bits per heavy atom. The van der Waals surface area contributed by atoms with E-state index in [1.54, 1.807) is 6.08 Å². The molecule has 0 spiro atoms. The quantitative estimate of drug-likeness (QED) is 0.646. The van der Waals surface area contributed by atoms with Crippen molar-refractivity contribution in [2.45, 2.75) is 6.92 Å². The molecule has 0 aliphatic carbocycles. The summed E-state index contributed by atoms with van der Waals surface area (Å²) in [5.74, 6) is 0. The smallest absolute Gasteiger partial charge is 0.0210 e. The Morgan fingerprint density at radius 3 is 2.70 bits per heavy atom. The van der Waals surface area contributed by atoms with Gasteiger partial charge in [-0.05, 0) is 24.1 Å². The van der Waals surface area contributed by atoms with Crippen molar-refractivity contribution in [3.05, 3.63) is 40.4 Å². The van der Waals surface area contributed by atoms with Crippen molar-refractivity contribution in [1.82, 2.24) is 0 Å². The molecule has 51 valence electrons. The Kier molecular flexibility index (Phi) is 2.28. The second-order valence-corrected chi connectivity index (χ2v) is 2.98.